The highest BCUT2D eigenvalue weighted by molar-refractivity contribution is 5.91. The van der Waals surface area contributed by atoms with E-state index in [-0.39, 0.29) is 5.91 Å². The van der Waals surface area contributed by atoms with Gasteiger partial charge in [0.2, 0.25) is 5.91 Å². The molecule has 1 amide bonds. The summed E-state index contributed by atoms with van der Waals surface area (Å²) in [7, 11) is 0. The lowest BCUT2D eigenvalue weighted by molar-refractivity contribution is -0.117. The van der Waals surface area contributed by atoms with Gasteiger partial charge in [-0.05, 0) is 31.9 Å². The van der Waals surface area contributed by atoms with E-state index in [9.17, 15) is 4.79 Å². The summed E-state index contributed by atoms with van der Waals surface area (Å²) in [5.74, 6) is 0.812. The maximum Gasteiger partial charge on any atom is 0.246 e. The van der Waals surface area contributed by atoms with E-state index in [1.165, 1.54) is 0 Å². The largest absolute Gasteiger partial charge is 0.494 e. The normalized spacial score (nSPS) is 9.71. The van der Waals surface area contributed by atoms with Crippen LogP contribution >= 0.6 is 0 Å². The van der Waals surface area contributed by atoms with Gasteiger partial charge in [-0.1, -0.05) is 24.8 Å². The average Bonchev–Trinajstić information content (AvgIpc) is 2.34. The topological polar surface area (TPSA) is 38.3 Å². The van der Waals surface area contributed by atoms with Crippen LogP contribution in [0, 0.1) is 0 Å². The molecule has 0 aromatic heterocycles. The molecule has 0 radical (unpaired) electrons. The van der Waals surface area contributed by atoms with Crippen molar-refractivity contribution in [2.45, 2.75) is 19.8 Å². The molecule has 3 nitrogen and oxygen atoms in total. The van der Waals surface area contributed by atoms with Gasteiger partial charge in [0.05, 0.1) is 6.61 Å². The second kappa shape index (κ2) is 7.49. The molecule has 1 aromatic rings. The molecule has 0 saturated carbocycles. The predicted molar refractivity (Wildman–Crippen MR) is 69.0 cm³/mol. The quantitative estimate of drug-likeness (QED) is 0.580. The molecule has 1 aromatic carbocycles. The van der Waals surface area contributed by atoms with Gasteiger partial charge >= 0.3 is 0 Å². The van der Waals surface area contributed by atoms with E-state index in [2.05, 4.69) is 11.9 Å². The van der Waals surface area contributed by atoms with Crippen molar-refractivity contribution in [3.05, 3.63) is 42.5 Å². The van der Waals surface area contributed by atoms with Crippen molar-refractivity contribution in [1.82, 2.24) is 5.32 Å². The summed E-state index contributed by atoms with van der Waals surface area (Å²) in [6.07, 6.45) is 1.83. The molecule has 0 aliphatic heterocycles. The van der Waals surface area contributed by atoms with Crippen LogP contribution in [0.15, 0.2) is 42.5 Å². The summed E-state index contributed by atoms with van der Waals surface area (Å²) in [5.41, 5.74) is 0.547. The molecule has 0 aliphatic carbocycles. The highest BCUT2D eigenvalue weighted by atomic mass is 16.5. The van der Waals surface area contributed by atoms with Crippen molar-refractivity contribution in [2.24, 2.45) is 0 Å². The third kappa shape index (κ3) is 5.76. The second-order valence-corrected chi connectivity index (χ2v) is 3.90. The standard InChI is InChI=1S/C14H19NO2/c1-12(2)14(16)15-10-6-7-11-17-13-8-4-3-5-9-13/h3-5,8-9H,1,6-7,10-11H2,2H3,(H,15,16). The molecule has 1 N–H and O–H groups in total. The first-order valence-corrected chi connectivity index (χ1v) is 5.81. The summed E-state index contributed by atoms with van der Waals surface area (Å²) < 4.78 is 5.53. The van der Waals surface area contributed by atoms with Crippen molar-refractivity contribution in [2.75, 3.05) is 13.2 Å². The summed E-state index contributed by atoms with van der Waals surface area (Å²) in [6, 6.07) is 9.72. The van der Waals surface area contributed by atoms with Crippen LogP contribution in [0.1, 0.15) is 19.8 Å². The van der Waals surface area contributed by atoms with E-state index in [1.807, 2.05) is 30.3 Å². The third-order valence-electron chi connectivity index (χ3n) is 2.26. The number of hydrogen-bond donors (Lipinski definition) is 1. The van der Waals surface area contributed by atoms with E-state index >= 15 is 0 Å². The van der Waals surface area contributed by atoms with Gasteiger partial charge in [-0.2, -0.15) is 0 Å². The van der Waals surface area contributed by atoms with Gasteiger partial charge in [0.25, 0.3) is 0 Å². The highest BCUT2D eigenvalue weighted by Gasteiger charge is 1.99. The van der Waals surface area contributed by atoms with E-state index < -0.39 is 0 Å². The molecular weight excluding hydrogens is 214 g/mol. The summed E-state index contributed by atoms with van der Waals surface area (Å²) >= 11 is 0. The fourth-order valence-electron chi connectivity index (χ4n) is 1.29. The van der Waals surface area contributed by atoms with Gasteiger partial charge < -0.3 is 10.1 Å². The minimum absolute atomic E-state index is 0.0750. The Balaban J connectivity index is 2.02. The molecule has 0 bridgehead atoms. The Morgan fingerprint density at radius 1 is 1.29 bits per heavy atom. The number of unbranched alkanes of at least 4 members (excludes halogenated alkanes) is 1. The molecule has 0 aliphatic rings. The average molecular weight is 233 g/mol. The number of nitrogens with one attached hydrogen (secondary N) is 1. The van der Waals surface area contributed by atoms with Crippen LogP contribution in [0.25, 0.3) is 0 Å². The fraction of sp³-hybridized carbons (Fsp3) is 0.357. The molecule has 0 atom stereocenters. The first kappa shape index (κ1) is 13.3. The summed E-state index contributed by atoms with van der Waals surface area (Å²) in [6.45, 7) is 6.62. The number of carbonyl (C=O) groups excluding carboxylic acids is 1. The van der Waals surface area contributed by atoms with Crippen molar-refractivity contribution >= 4 is 5.91 Å². The van der Waals surface area contributed by atoms with Crippen LogP contribution in [0.3, 0.4) is 0 Å². The Kier molecular flexibility index (Phi) is 5.86. The van der Waals surface area contributed by atoms with E-state index in [0.29, 0.717) is 18.7 Å². The predicted octanol–water partition coefficient (Wildman–Crippen LogP) is 2.54. The Hall–Kier alpha value is -1.77. The highest BCUT2D eigenvalue weighted by Crippen LogP contribution is 2.08. The molecule has 0 heterocycles. The van der Waals surface area contributed by atoms with Gasteiger partial charge in [0.15, 0.2) is 0 Å². The summed E-state index contributed by atoms with van der Waals surface area (Å²) in [5, 5.41) is 2.79. The van der Waals surface area contributed by atoms with Gasteiger partial charge in [-0.3, -0.25) is 4.79 Å². The fourth-order valence-corrected chi connectivity index (χ4v) is 1.29. The molecule has 0 spiro atoms. The third-order valence-corrected chi connectivity index (χ3v) is 2.26. The van der Waals surface area contributed by atoms with Crippen LogP contribution in [-0.4, -0.2) is 19.1 Å². The zero-order valence-corrected chi connectivity index (χ0v) is 10.2. The minimum Gasteiger partial charge on any atom is -0.494 e. The smallest absolute Gasteiger partial charge is 0.246 e. The number of amides is 1. The van der Waals surface area contributed by atoms with Crippen molar-refractivity contribution < 1.29 is 9.53 Å². The summed E-state index contributed by atoms with van der Waals surface area (Å²) in [4.78, 5) is 11.2. The van der Waals surface area contributed by atoms with E-state index in [0.717, 1.165) is 18.6 Å². The zero-order valence-electron chi connectivity index (χ0n) is 10.2. The van der Waals surface area contributed by atoms with E-state index in [1.54, 1.807) is 6.92 Å². The lowest BCUT2D eigenvalue weighted by Gasteiger charge is -2.06. The molecule has 0 saturated heterocycles. The molecule has 0 fully saturated rings. The first-order valence-electron chi connectivity index (χ1n) is 5.81. The molecular formula is C14H19NO2. The molecule has 92 valence electrons. The van der Waals surface area contributed by atoms with Gasteiger partial charge in [0, 0.05) is 12.1 Å². The van der Waals surface area contributed by atoms with Crippen LogP contribution in [0.2, 0.25) is 0 Å². The monoisotopic (exact) mass is 233 g/mol. The molecule has 0 unspecified atom stereocenters. The van der Waals surface area contributed by atoms with Crippen LogP contribution < -0.4 is 10.1 Å². The zero-order chi connectivity index (χ0) is 12.5. The van der Waals surface area contributed by atoms with E-state index in [4.69, 9.17) is 4.74 Å². The molecule has 17 heavy (non-hydrogen) atoms. The van der Waals surface area contributed by atoms with Gasteiger partial charge in [0.1, 0.15) is 5.75 Å². The SMILES string of the molecule is C=C(C)C(=O)NCCCCOc1ccccc1. The van der Waals surface area contributed by atoms with Crippen LogP contribution in [0.4, 0.5) is 0 Å². The maximum atomic E-state index is 11.2. The van der Waals surface area contributed by atoms with Gasteiger partial charge in [-0.15, -0.1) is 0 Å². The van der Waals surface area contributed by atoms with Crippen molar-refractivity contribution in [3.63, 3.8) is 0 Å². The van der Waals surface area contributed by atoms with Crippen LogP contribution in [0.5, 0.6) is 5.75 Å². The Bertz CT molecular complexity index is 360. The number of benzene rings is 1. The molecule has 1 rings (SSSR count). The number of carbonyl (C=O) groups is 1. The molecule has 3 heteroatoms. The lowest BCUT2D eigenvalue weighted by Crippen LogP contribution is -2.24. The van der Waals surface area contributed by atoms with Gasteiger partial charge in [-0.25, -0.2) is 0 Å². The Morgan fingerprint density at radius 2 is 2.00 bits per heavy atom. The first-order chi connectivity index (χ1) is 8.20. The number of ether oxygens (including phenoxy) is 1. The Morgan fingerprint density at radius 3 is 2.65 bits per heavy atom. The Labute approximate surface area is 102 Å². The lowest BCUT2D eigenvalue weighted by atomic mass is 10.3. The minimum atomic E-state index is -0.0750. The van der Waals surface area contributed by atoms with Crippen molar-refractivity contribution in [3.8, 4) is 5.75 Å². The second-order valence-electron chi connectivity index (χ2n) is 3.90. The number of rotatable bonds is 7. The number of para-hydroxylation sites is 1. The number of hydrogen-bond acceptors (Lipinski definition) is 2. The van der Waals surface area contributed by atoms with Crippen molar-refractivity contribution in [1.29, 1.82) is 0 Å². The maximum absolute atomic E-state index is 11.2. The van der Waals surface area contributed by atoms with Crippen LogP contribution in [-0.2, 0) is 4.79 Å².